The fourth-order valence-electron chi connectivity index (χ4n) is 4.42. The lowest BCUT2D eigenvalue weighted by Crippen LogP contribution is -3.14. The van der Waals surface area contributed by atoms with Gasteiger partial charge in [-0.3, -0.25) is 4.79 Å². The number of quaternary nitrogens is 1. The number of hydrogen-bond acceptors (Lipinski definition) is 3. The lowest BCUT2D eigenvalue weighted by molar-refractivity contribution is -0.897. The number of para-hydroxylation sites is 2. The van der Waals surface area contributed by atoms with E-state index in [0.717, 1.165) is 50.1 Å². The molecule has 27 heavy (non-hydrogen) atoms. The van der Waals surface area contributed by atoms with E-state index in [0.29, 0.717) is 12.5 Å². The highest BCUT2D eigenvalue weighted by atomic mass is 32.1. The number of nitrogens with one attached hydrogen (secondary N) is 1. The van der Waals surface area contributed by atoms with E-state index in [1.165, 1.54) is 20.2 Å². The van der Waals surface area contributed by atoms with Crippen LogP contribution in [0, 0.1) is 0 Å². The maximum Gasteiger partial charge on any atom is 0.282 e. The molecule has 1 fully saturated rings. The lowest BCUT2D eigenvalue weighted by Gasteiger charge is -2.29. The summed E-state index contributed by atoms with van der Waals surface area (Å²) in [5.41, 5.74) is 3.54. The number of anilines is 1. The maximum absolute atomic E-state index is 12.8. The second-order valence-electron chi connectivity index (χ2n) is 7.64. The van der Waals surface area contributed by atoms with Gasteiger partial charge in [-0.2, -0.15) is 0 Å². The van der Waals surface area contributed by atoms with E-state index in [1.54, 1.807) is 0 Å². The Kier molecular flexibility index (Phi) is 4.42. The van der Waals surface area contributed by atoms with Crippen molar-refractivity contribution in [3.05, 3.63) is 59.1 Å². The van der Waals surface area contributed by atoms with Crippen LogP contribution in [0.5, 0.6) is 0 Å². The quantitative estimate of drug-likeness (QED) is 0.761. The Balaban J connectivity index is 1.20. The number of nitrogens with zero attached hydrogens (tertiary/aromatic N) is 2. The van der Waals surface area contributed by atoms with Gasteiger partial charge < -0.3 is 9.80 Å². The van der Waals surface area contributed by atoms with E-state index < -0.39 is 0 Å². The molecule has 2 aliphatic heterocycles. The van der Waals surface area contributed by atoms with Gasteiger partial charge in [-0.25, -0.2) is 4.98 Å². The van der Waals surface area contributed by atoms with Crippen LogP contribution in [-0.4, -0.2) is 37.1 Å². The molecule has 2 aromatic carbocycles. The van der Waals surface area contributed by atoms with Crippen LogP contribution in [-0.2, 0) is 11.2 Å². The summed E-state index contributed by atoms with van der Waals surface area (Å²) < 4.78 is 1.28. The molecule has 1 saturated heterocycles. The third-order valence-electron chi connectivity index (χ3n) is 5.94. The molecule has 5 heteroatoms. The van der Waals surface area contributed by atoms with Crippen molar-refractivity contribution in [2.24, 2.45) is 0 Å². The summed E-state index contributed by atoms with van der Waals surface area (Å²) in [6, 6.07) is 16.7. The molecular weight excluding hydrogens is 354 g/mol. The number of hydrogen-bond donors (Lipinski definition) is 1. The molecule has 138 valence electrons. The van der Waals surface area contributed by atoms with Crippen molar-refractivity contribution in [2.45, 2.75) is 25.2 Å². The van der Waals surface area contributed by atoms with Crippen LogP contribution in [0.15, 0.2) is 48.5 Å². The first-order valence-corrected chi connectivity index (χ1v) is 10.7. The van der Waals surface area contributed by atoms with Gasteiger partial charge in [-0.05, 0) is 30.2 Å². The van der Waals surface area contributed by atoms with Gasteiger partial charge in [-0.1, -0.05) is 30.3 Å². The van der Waals surface area contributed by atoms with E-state index >= 15 is 0 Å². The fraction of sp³-hybridized carbons (Fsp3) is 0.364. The average molecular weight is 379 g/mol. The molecule has 0 aliphatic carbocycles. The second kappa shape index (κ2) is 7.06. The van der Waals surface area contributed by atoms with Crippen molar-refractivity contribution in [3.8, 4) is 0 Å². The Morgan fingerprint density at radius 3 is 2.74 bits per heavy atom. The largest absolute Gasteiger partial charge is 0.327 e. The van der Waals surface area contributed by atoms with Crippen LogP contribution in [0.2, 0.25) is 0 Å². The number of fused-ring (bicyclic) bond motifs is 2. The molecule has 5 rings (SSSR count). The highest BCUT2D eigenvalue weighted by molar-refractivity contribution is 7.18. The number of rotatable bonds is 3. The molecule has 0 bridgehead atoms. The summed E-state index contributed by atoms with van der Waals surface area (Å²) in [6.07, 6.45) is 3.23. The third-order valence-corrected chi connectivity index (χ3v) is 7.14. The summed E-state index contributed by atoms with van der Waals surface area (Å²) in [6.45, 7) is 3.56. The highest BCUT2D eigenvalue weighted by Gasteiger charge is 2.30. The van der Waals surface area contributed by atoms with Gasteiger partial charge in [0.05, 0.1) is 28.3 Å². The molecule has 0 unspecified atom stereocenters. The number of amides is 1. The normalized spacial score (nSPS) is 22.1. The van der Waals surface area contributed by atoms with Gasteiger partial charge in [0.2, 0.25) is 0 Å². The van der Waals surface area contributed by atoms with Crippen LogP contribution in [0.1, 0.15) is 29.3 Å². The summed E-state index contributed by atoms with van der Waals surface area (Å²) in [7, 11) is 0. The van der Waals surface area contributed by atoms with Crippen molar-refractivity contribution in [2.75, 3.05) is 31.1 Å². The summed E-state index contributed by atoms with van der Waals surface area (Å²) in [5, 5.41) is 1.27. The number of piperidine rings is 1. The zero-order valence-electron chi connectivity index (χ0n) is 15.4. The first-order valence-electron chi connectivity index (χ1n) is 9.85. The predicted molar refractivity (Wildman–Crippen MR) is 110 cm³/mol. The van der Waals surface area contributed by atoms with Crippen LogP contribution < -0.4 is 9.80 Å². The molecule has 4 nitrogen and oxygen atoms in total. The van der Waals surface area contributed by atoms with Crippen molar-refractivity contribution >= 4 is 33.1 Å². The van der Waals surface area contributed by atoms with E-state index in [-0.39, 0.29) is 5.91 Å². The lowest BCUT2D eigenvalue weighted by atomic mass is 9.97. The van der Waals surface area contributed by atoms with Gasteiger partial charge in [0.15, 0.2) is 6.54 Å². The van der Waals surface area contributed by atoms with Crippen molar-refractivity contribution in [1.82, 2.24) is 4.98 Å². The van der Waals surface area contributed by atoms with Gasteiger partial charge in [0.25, 0.3) is 5.91 Å². The Labute approximate surface area is 163 Å². The third kappa shape index (κ3) is 3.26. The number of benzene rings is 2. The topological polar surface area (TPSA) is 37.6 Å². The highest BCUT2D eigenvalue weighted by Crippen LogP contribution is 2.31. The fourth-order valence-corrected chi connectivity index (χ4v) is 5.56. The minimum absolute atomic E-state index is 0.272. The first-order chi connectivity index (χ1) is 13.3. The van der Waals surface area contributed by atoms with Crippen molar-refractivity contribution < 1.29 is 9.69 Å². The Hall–Kier alpha value is -2.24. The van der Waals surface area contributed by atoms with Gasteiger partial charge in [-0.15, -0.1) is 11.3 Å². The van der Waals surface area contributed by atoms with Crippen LogP contribution in [0.4, 0.5) is 5.69 Å². The average Bonchev–Trinajstić information content (AvgIpc) is 3.33. The molecule has 1 aromatic heterocycles. The summed E-state index contributed by atoms with van der Waals surface area (Å²) >= 11 is 1.84. The number of thiazole rings is 1. The molecule has 0 spiro atoms. The minimum Gasteiger partial charge on any atom is -0.327 e. The molecule has 3 aromatic rings. The monoisotopic (exact) mass is 378 g/mol. The Morgan fingerprint density at radius 2 is 1.89 bits per heavy atom. The SMILES string of the molecule is O=C(C[NH+]1CCC(c2nc3ccccc3s2)CC1)N1CCc2ccccc21. The van der Waals surface area contributed by atoms with Crippen LogP contribution in [0.25, 0.3) is 10.2 Å². The number of carbonyl (C=O) groups excluding carboxylic acids is 1. The van der Waals surface area contributed by atoms with Crippen molar-refractivity contribution in [1.29, 1.82) is 0 Å². The molecule has 2 aliphatic rings. The zero-order chi connectivity index (χ0) is 18.2. The van der Waals surface area contributed by atoms with E-state index in [2.05, 4.69) is 42.5 Å². The van der Waals surface area contributed by atoms with E-state index in [1.807, 2.05) is 22.3 Å². The Morgan fingerprint density at radius 1 is 1.11 bits per heavy atom. The van der Waals surface area contributed by atoms with Crippen molar-refractivity contribution in [3.63, 3.8) is 0 Å². The van der Waals surface area contributed by atoms with Crippen LogP contribution >= 0.6 is 11.3 Å². The molecular formula is C22H24N3OS+. The van der Waals surface area contributed by atoms with Gasteiger partial charge in [0, 0.05) is 31.0 Å². The number of carbonyl (C=O) groups is 1. The van der Waals surface area contributed by atoms with E-state index in [4.69, 9.17) is 4.98 Å². The molecule has 1 amide bonds. The molecule has 0 radical (unpaired) electrons. The second-order valence-corrected chi connectivity index (χ2v) is 8.71. The smallest absolute Gasteiger partial charge is 0.282 e. The minimum atomic E-state index is 0.272. The molecule has 3 heterocycles. The maximum atomic E-state index is 12.8. The molecule has 0 saturated carbocycles. The standard InChI is InChI=1S/C22H23N3OS/c26-21(25-14-11-16-5-1-3-7-19(16)25)15-24-12-9-17(10-13-24)22-23-18-6-2-4-8-20(18)27-22/h1-8,17H,9-15H2/p+1. The Bertz CT molecular complexity index is 941. The number of likely N-dealkylation sites (tertiary alicyclic amines) is 1. The van der Waals surface area contributed by atoms with Gasteiger partial charge in [0.1, 0.15) is 0 Å². The molecule has 0 atom stereocenters. The predicted octanol–water partition coefficient (Wildman–Crippen LogP) is 2.65. The number of aromatic nitrogens is 1. The van der Waals surface area contributed by atoms with Crippen LogP contribution in [0.3, 0.4) is 0 Å². The summed E-state index contributed by atoms with van der Waals surface area (Å²) in [5.74, 6) is 0.821. The van der Waals surface area contributed by atoms with Gasteiger partial charge >= 0.3 is 0 Å². The zero-order valence-corrected chi connectivity index (χ0v) is 16.2. The molecule has 1 N–H and O–H groups in total. The van der Waals surface area contributed by atoms with E-state index in [9.17, 15) is 4.79 Å². The first kappa shape index (κ1) is 16.9. The summed E-state index contributed by atoms with van der Waals surface area (Å²) in [4.78, 5) is 21.1.